The third kappa shape index (κ3) is 7.09. The van der Waals surface area contributed by atoms with Crippen molar-refractivity contribution in [2.75, 3.05) is 13.2 Å². The Kier molecular flexibility index (Phi) is 9.75. The Hall–Kier alpha value is -2.63. The molecule has 1 rings (SSSR count). The van der Waals surface area contributed by atoms with Crippen molar-refractivity contribution in [1.29, 1.82) is 0 Å². The van der Waals surface area contributed by atoms with Crippen molar-refractivity contribution >= 4 is 17.9 Å². The molecule has 1 aromatic rings. The van der Waals surface area contributed by atoms with E-state index in [0.29, 0.717) is 12.0 Å². The topological polar surface area (TPSA) is 78.9 Å². The van der Waals surface area contributed by atoms with Crippen LogP contribution in [-0.2, 0) is 23.8 Å². The van der Waals surface area contributed by atoms with E-state index < -0.39 is 24.0 Å². The molecule has 0 aliphatic carbocycles. The number of hydrogen-bond acceptors (Lipinski definition) is 6. The fourth-order valence-electron chi connectivity index (χ4n) is 2.18. The van der Waals surface area contributed by atoms with Crippen LogP contribution >= 0.6 is 0 Å². The minimum atomic E-state index is -0.789. The van der Waals surface area contributed by atoms with Crippen LogP contribution in [-0.4, -0.2) is 37.2 Å². The molecule has 0 bridgehead atoms. The lowest BCUT2D eigenvalue weighted by molar-refractivity contribution is -0.146. The van der Waals surface area contributed by atoms with Crippen molar-refractivity contribution in [1.82, 2.24) is 0 Å². The Morgan fingerprint density at radius 2 is 1.54 bits per heavy atom. The molecule has 0 heterocycles. The Morgan fingerprint density at radius 3 is 2.04 bits per heavy atom. The van der Waals surface area contributed by atoms with E-state index in [1.54, 1.807) is 44.2 Å². The second kappa shape index (κ2) is 11.8. The summed E-state index contributed by atoms with van der Waals surface area (Å²) >= 11 is 0. The van der Waals surface area contributed by atoms with E-state index in [1.807, 2.05) is 6.92 Å². The van der Waals surface area contributed by atoms with Crippen molar-refractivity contribution in [3.05, 3.63) is 47.5 Å². The third-order valence-electron chi connectivity index (χ3n) is 3.45. The van der Waals surface area contributed by atoms with E-state index in [-0.39, 0.29) is 18.8 Å². The van der Waals surface area contributed by atoms with Crippen LogP contribution in [0.2, 0.25) is 0 Å². The molecule has 0 amide bonds. The van der Waals surface area contributed by atoms with Gasteiger partial charge in [0.2, 0.25) is 0 Å². The number of unbranched alkanes of at least 4 members (excludes halogenated alkanes) is 1. The first-order chi connectivity index (χ1) is 12.5. The van der Waals surface area contributed by atoms with Crippen molar-refractivity contribution in [3.8, 4) is 0 Å². The molecular formula is C20H26O6. The fourth-order valence-corrected chi connectivity index (χ4v) is 2.18. The van der Waals surface area contributed by atoms with Gasteiger partial charge in [0.15, 0.2) is 0 Å². The summed E-state index contributed by atoms with van der Waals surface area (Å²) in [6, 6.07) is 8.54. The van der Waals surface area contributed by atoms with Crippen LogP contribution in [0.15, 0.2) is 42.0 Å². The van der Waals surface area contributed by atoms with Crippen molar-refractivity contribution in [3.63, 3.8) is 0 Å². The zero-order valence-electron chi connectivity index (χ0n) is 15.5. The van der Waals surface area contributed by atoms with Crippen LogP contribution in [0.25, 0.3) is 0 Å². The Balaban J connectivity index is 3.05. The summed E-state index contributed by atoms with van der Waals surface area (Å²) in [5.74, 6) is -2.10. The average Bonchev–Trinajstić information content (AvgIpc) is 2.64. The van der Waals surface area contributed by atoms with E-state index in [2.05, 4.69) is 0 Å². The van der Waals surface area contributed by atoms with Gasteiger partial charge < -0.3 is 14.2 Å². The van der Waals surface area contributed by atoms with Gasteiger partial charge in [0.05, 0.1) is 18.8 Å². The molecule has 0 saturated carbocycles. The molecule has 0 spiro atoms. The van der Waals surface area contributed by atoms with Crippen LogP contribution < -0.4 is 0 Å². The summed E-state index contributed by atoms with van der Waals surface area (Å²) in [5, 5.41) is 0. The highest BCUT2D eigenvalue weighted by Gasteiger charge is 2.24. The largest absolute Gasteiger partial charge is 0.462 e. The van der Waals surface area contributed by atoms with Crippen LogP contribution in [0.5, 0.6) is 0 Å². The summed E-state index contributed by atoms with van der Waals surface area (Å²) in [4.78, 5) is 36.5. The molecule has 1 atom stereocenters. The number of esters is 3. The van der Waals surface area contributed by atoms with Crippen molar-refractivity contribution in [2.24, 2.45) is 0 Å². The maximum Gasteiger partial charge on any atom is 0.345 e. The summed E-state index contributed by atoms with van der Waals surface area (Å²) in [6.45, 7) is 5.53. The maximum atomic E-state index is 12.3. The van der Waals surface area contributed by atoms with Gasteiger partial charge in [0, 0.05) is 0 Å². The van der Waals surface area contributed by atoms with Crippen molar-refractivity contribution in [2.45, 2.75) is 46.1 Å². The number of carbonyl (C=O) groups is 3. The molecule has 0 aliphatic rings. The first-order valence-corrected chi connectivity index (χ1v) is 8.85. The van der Waals surface area contributed by atoms with Gasteiger partial charge in [0.1, 0.15) is 11.7 Å². The van der Waals surface area contributed by atoms with Gasteiger partial charge in [-0.25, -0.2) is 14.4 Å². The average molecular weight is 362 g/mol. The summed E-state index contributed by atoms with van der Waals surface area (Å²) in [7, 11) is 0. The number of ether oxygens (including phenoxy) is 3. The Labute approximate surface area is 154 Å². The molecule has 26 heavy (non-hydrogen) atoms. The first kappa shape index (κ1) is 21.4. The second-order valence-electron chi connectivity index (χ2n) is 5.47. The molecule has 6 nitrogen and oxygen atoms in total. The number of hydrogen-bond donors (Lipinski definition) is 0. The van der Waals surface area contributed by atoms with Gasteiger partial charge in [-0.2, -0.15) is 0 Å². The van der Waals surface area contributed by atoms with Gasteiger partial charge in [-0.15, -0.1) is 0 Å². The van der Waals surface area contributed by atoms with E-state index >= 15 is 0 Å². The molecule has 6 heteroatoms. The van der Waals surface area contributed by atoms with Gasteiger partial charge in [0.25, 0.3) is 0 Å². The SMILES string of the molecule is CCCCC(C=C(C(=O)OCC)C(=O)OCC)OC(=O)c1ccccc1. The molecule has 142 valence electrons. The van der Waals surface area contributed by atoms with Crippen LogP contribution in [0.4, 0.5) is 0 Å². The zero-order valence-corrected chi connectivity index (χ0v) is 15.5. The van der Waals surface area contributed by atoms with Gasteiger partial charge >= 0.3 is 17.9 Å². The fraction of sp³-hybridized carbons (Fsp3) is 0.450. The lowest BCUT2D eigenvalue weighted by atomic mass is 10.1. The highest BCUT2D eigenvalue weighted by atomic mass is 16.6. The molecule has 0 radical (unpaired) electrons. The molecule has 1 aromatic carbocycles. The highest BCUT2D eigenvalue weighted by Crippen LogP contribution is 2.14. The van der Waals surface area contributed by atoms with Crippen molar-refractivity contribution < 1.29 is 28.6 Å². The molecule has 0 N–H and O–H groups in total. The van der Waals surface area contributed by atoms with E-state index in [0.717, 1.165) is 12.8 Å². The van der Waals surface area contributed by atoms with E-state index in [9.17, 15) is 14.4 Å². The number of carbonyl (C=O) groups excluding carboxylic acids is 3. The Bertz CT molecular complexity index is 600. The quantitative estimate of drug-likeness (QED) is 0.208. The summed E-state index contributed by atoms with van der Waals surface area (Å²) < 4.78 is 15.3. The number of benzene rings is 1. The Morgan fingerprint density at radius 1 is 0.962 bits per heavy atom. The minimum absolute atomic E-state index is 0.124. The molecule has 0 aliphatic heterocycles. The highest BCUT2D eigenvalue weighted by molar-refractivity contribution is 6.14. The lowest BCUT2D eigenvalue weighted by Crippen LogP contribution is -2.23. The molecule has 0 saturated heterocycles. The van der Waals surface area contributed by atoms with Gasteiger partial charge in [-0.1, -0.05) is 31.5 Å². The normalized spacial score (nSPS) is 11.2. The van der Waals surface area contributed by atoms with Crippen LogP contribution in [0.1, 0.15) is 50.4 Å². The lowest BCUT2D eigenvalue weighted by Gasteiger charge is -2.16. The summed E-state index contributed by atoms with van der Waals surface area (Å²) in [5.41, 5.74) is 0.145. The zero-order chi connectivity index (χ0) is 19.4. The second-order valence-corrected chi connectivity index (χ2v) is 5.47. The maximum absolute atomic E-state index is 12.3. The molecule has 0 aromatic heterocycles. The van der Waals surface area contributed by atoms with E-state index in [4.69, 9.17) is 14.2 Å². The predicted molar refractivity (Wildman–Crippen MR) is 96.5 cm³/mol. The standard InChI is InChI=1S/C20H26O6/c1-4-7-13-16(26-18(21)15-11-9-8-10-12-15)14-17(19(22)24-5-2)20(23)25-6-3/h8-12,14,16H,4-7,13H2,1-3H3. The van der Waals surface area contributed by atoms with Gasteiger partial charge in [-0.3, -0.25) is 0 Å². The molecule has 0 fully saturated rings. The third-order valence-corrected chi connectivity index (χ3v) is 3.45. The van der Waals surface area contributed by atoms with Crippen LogP contribution in [0.3, 0.4) is 0 Å². The monoisotopic (exact) mass is 362 g/mol. The summed E-state index contributed by atoms with van der Waals surface area (Å²) in [6.07, 6.45) is 2.72. The predicted octanol–water partition coefficient (Wildman–Crippen LogP) is 3.45. The minimum Gasteiger partial charge on any atom is -0.462 e. The van der Waals surface area contributed by atoms with Crippen LogP contribution in [0, 0.1) is 0 Å². The van der Waals surface area contributed by atoms with Gasteiger partial charge in [-0.05, 0) is 44.9 Å². The first-order valence-electron chi connectivity index (χ1n) is 8.85. The van der Waals surface area contributed by atoms with E-state index in [1.165, 1.54) is 6.08 Å². The molecule has 1 unspecified atom stereocenters. The number of rotatable bonds is 10. The smallest absolute Gasteiger partial charge is 0.345 e. The molecular weight excluding hydrogens is 336 g/mol.